The predicted octanol–water partition coefficient (Wildman–Crippen LogP) is 2.54. The number of rotatable bonds is 3. The normalized spacial score (nSPS) is 21.8. The number of aromatic nitrogens is 4. The summed E-state index contributed by atoms with van der Waals surface area (Å²) in [6.45, 7) is 2.13. The zero-order valence-corrected chi connectivity index (χ0v) is 14.5. The highest BCUT2D eigenvalue weighted by Gasteiger charge is 2.52. The summed E-state index contributed by atoms with van der Waals surface area (Å²) in [5.41, 5.74) is 8.84. The number of halogens is 1. The molecule has 3 aromatic rings. The number of nitrogen functional groups attached to an aromatic ring is 1. The van der Waals surface area contributed by atoms with Crippen LogP contribution >= 0.6 is 0 Å². The van der Waals surface area contributed by atoms with Crippen LogP contribution in [-0.4, -0.2) is 32.4 Å². The van der Waals surface area contributed by atoms with E-state index in [4.69, 9.17) is 5.73 Å². The molecule has 134 valence electrons. The second-order valence-electron chi connectivity index (χ2n) is 7.41. The molecule has 1 aliphatic carbocycles. The number of fused-ring (bicyclic) bond motifs is 1. The molecule has 3 aromatic heterocycles. The van der Waals surface area contributed by atoms with Gasteiger partial charge in [0.1, 0.15) is 23.0 Å². The van der Waals surface area contributed by atoms with E-state index in [1.807, 2.05) is 6.20 Å². The highest BCUT2D eigenvalue weighted by Crippen LogP contribution is 2.56. The maximum absolute atomic E-state index is 13.6. The molecule has 4 heterocycles. The lowest BCUT2D eigenvalue weighted by atomic mass is 9.79. The highest BCUT2D eigenvalue weighted by atomic mass is 19.1. The lowest BCUT2D eigenvalue weighted by molar-refractivity contribution is 0.307. The largest absolute Gasteiger partial charge is 0.383 e. The van der Waals surface area contributed by atoms with Crippen molar-refractivity contribution in [3.8, 4) is 11.5 Å². The zero-order valence-electron chi connectivity index (χ0n) is 14.5. The molecule has 1 saturated heterocycles. The van der Waals surface area contributed by atoms with Gasteiger partial charge in [0.05, 0.1) is 6.20 Å². The minimum atomic E-state index is -0.330. The summed E-state index contributed by atoms with van der Waals surface area (Å²) in [6.07, 6.45) is 9.64. The molecule has 1 aliphatic heterocycles. The molecule has 0 aromatic carbocycles. The van der Waals surface area contributed by atoms with Crippen LogP contribution in [0, 0.1) is 11.7 Å². The van der Waals surface area contributed by atoms with Gasteiger partial charge in [-0.05, 0) is 56.8 Å². The molecule has 2 aliphatic rings. The Morgan fingerprint density at radius 2 is 2.12 bits per heavy atom. The first kappa shape index (κ1) is 15.7. The fraction of sp³-hybridized carbons (Fsp3) is 0.421. The molecule has 0 unspecified atom stereocenters. The number of hydrogen-bond acceptors (Lipinski definition) is 5. The van der Waals surface area contributed by atoms with Crippen molar-refractivity contribution in [2.45, 2.75) is 31.1 Å². The molecule has 26 heavy (non-hydrogen) atoms. The van der Waals surface area contributed by atoms with E-state index in [0.717, 1.165) is 31.5 Å². The van der Waals surface area contributed by atoms with Crippen molar-refractivity contribution in [3.05, 3.63) is 42.1 Å². The third-order valence-electron chi connectivity index (χ3n) is 5.92. The van der Waals surface area contributed by atoms with Gasteiger partial charge in [-0.1, -0.05) is 0 Å². The third-order valence-corrected chi connectivity index (χ3v) is 5.92. The summed E-state index contributed by atoms with van der Waals surface area (Å²) in [6, 6.07) is 3.02. The van der Waals surface area contributed by atoms with E-state index >= 15 is 0 Å². The molecule has 0 radical (unpaired) electrons. The van der Waals surface area contributed by atoms with E-state index in [-0.39, 0.29) is 11.2 Å². The Morgan fingerprint density at radius 3 is 2.85 bits per heavy atom. The van der Waals surface area contributed by atoms with E-state index in [1.54, 1.807) is 16.7 Å². The minimum absolute atomic E-state index is 0.127. The van der Waals surface area contributed by atoms with Gasteiger partial charge in [0, 0.05) is 23.4 Å². The molecule has 0 bridgehead atoms. The van der Waals surface area contributed by atoms with Gasteiger partial charge in [0.25, 0.3) is 0 Å². The molecule has 3 N–H and O–H groups in total. The predicted molar refractivity (Wildman–Crippen MR) is 97.1 cm³/mol. The van der Waals surface area contributed by atoms with E-state index in [9.17, 15) is 4.39 Å². The Labute approximate surface area is 150 Å². The maximum Gasteiger partial charge on any atom is 0.180 e. The van der Waals surface area contributed by atoms with Crippen LogP contribution in [0.4, 0.5) is 10.2 Å². The Hall–Kier alpha value is -2.54. The van der Waals surface area contributed by atoms with Crippen molar-refractivity contribution < 1.29 is 4.39 Å². The van der Waals surface area contributed by atoms with Gasteiger partial charge in [0.2, 0.25) is 0 Å². The van der Waals surface area contributed by atoms with Crippen molar-refractivity contribution in [1.29, 1.82) is 0 Å². The lowest BCUT2D eigenvalue weighted by Crippen LogP contribution is -2.37. The highest BCUT2D eigenvalue weighted by molar-refractivity contribution is 5.60. The van der Waals surface area contributed by atoms with Crippen LogP contribution < -0.4 is 11.1 Å². The van der Waals surface area contributed by atoms with E-state index in [1.165, 1.54) is 25.1 Å². The van der Waals surface area contributed by atoms with Gasteiger partial charge in [-0.3, -0.25) is 4.40 Å². The molecule has 2 fully saturated rings. The van der Waals surface area contributed by atoms with E-state index in [0.29, 0.717) is 28.9 Å². The molecule has 0 amide bonds. The molecule has 5 rings (SSSR count). The molecule has 1 atom stereocenters. The van der Waals surface area contributed by atoms with E-state index in [2.05, 4.69) is 20.3 Å². The van der Waals surface area contributed by atoms with Crippen molar-refractivity contribution in [1.82, 2.24) is 24.7 Å². The number of nitrogens with zero attached hydrogens (tertiary/aromatic N) is 4. The van der Waals surface area contributed by atoms with Crippen molar-refractivity contribution in [2.75, 3.05) is 18.8 Å². The van der Waals surface area contributed by atoms with Crippen LogP contribution in [-0.2, 0) is 5.41 Å². The Morgan fingerprint density at radius 1 is 1.23 bits per heavy atom. The maximum atomic E-state index is 13.6. The van der Waals surface area contributed by atoms with Crippen LogP contribution in [0.3, 0.4) is 0 Å². The molecule has 7 heteroatoms. The quantitative estimate of drug-likeness (QED) is 0.757. The van der Waals surface area contributed by atoms with Gasteiger partial charge >= 0.3 is 0 Å². The molecule has 6 nitrogen and oxygen atoms in total. The van der Waals surface area contributed by atoms with Gasteiger partial charge in [-0.2, -0.15) is 0 Å². The second kappa shape index (κ2) is 5.74. The number of imidazole rings is 1. The van der Waals surface area contributed by atoms with E-state index < -0.39 is 0 Å². The topological polar surface area (TPSA) is 81.1 Å². The lowest BCUT2D eigenvalue weighted by Gasteiger charge is -2.31. The Kier molecular flexibility index (Phi) is 3.46. The van der Waals surface area contributed by atoms with Crippen LogP contribution in [0.25, 0.3) is 17.2 Å². The average molecular weight is 352 g/mol. The SMILES string of the molecule is Nc1nc(-c2cnc3ccc(F)cn23)ncc1C1([C@H]2CCCNC2)CC1. The fourth-order valence-electron chi connectivity index (χ4n) is 4.38. The van der Waals surface area contributed by atoms with Crippen LogP contribution in [0.2, 0.25) is 0 Å². The standard InChI is InChI=1S/C19H21FN6/c20-13-3-4-16-23-10-15(26(16)11-13)18-24-9-14(17(21)25-18)19(5-6-19)12-2-1-7-22-8-12/h3-4,9-12,22H,1-2,5-8H2,(H2,21,24,25)/t12-/m0/s1. The third kappa shape index (κ3) is 2.38. The summed E-state index contributed by atoms with van der Waals surface area (Å²) in [5, 5.41) is 3.50. The number of nitrogens with one attached hydrogen (secondary N) is 1. The van der Waals surface area contributed by atoms with Gasteiger partial charge in [-0.25, -0.2) is 19.3 Å². The number of piperidine rings is 1. The monoisotopic (exact) mass is 352 g/mol. The minimum Gasteiger partial charge on any atom is -0.383 e. The molecule has 1 saturated carbocycles. The number of hydrogen-bond donors (Lipinski definition) is 2. The van der Waals surface area contributed by atoms with Crippen LogP contribution in [0.15, 0.2) is 30.7 Å². The van der Waals surface area contributed by atoms with Crippen molar-refractivity contribution >= 4 is 11.5 Å². The molecular weight excluding hydrogens is 331 g/mol. The van der Waals surface area contributed by atoms with Crippen LogP contribution in [0.5, 0.6) is 0 Å². The molecular formula is C19H21FN6. The second-order valence-corrected chi connectivity index (χ2v) is 7.41. The summed E-state index contributed by atoms with van der Waals surface area (Å²) in [4.78, 5) is 13.4. The summed E-state index contributed by atoms with van der Waals surface area (Å²) >= 11 is 0. The first-order valence-electron chi connectivity index (χ1n) is 9.14. The van der Waals surface area contributed by atoms with Gasteiger partial charge < -0.3 is 11.1 Å². The number of nitrogens with two attached hydrogens (primary N) is 1. The first-order valence-corrected chi connectivity index (χ1v) is 9.14. The fourth-order valence-corrected chi connectivity index (χ4v) is 4.38. The van der Waals surface area contributed by atoms with Crippen molar-refractivity contribution in [2.24, 2.45) is 5.92 Å². The summed E-state index contributed by atoms with van der Waals surface area (Å²) < 4.78 is 15.3. The number of anilines is 1. The Bertz CT molecular complexity index is 971. The first-order chi connectivity index (χ1) is 12.7. The average Bonchev–Trinajstić information content (AvgIpc) is 3.36. The summed E-state index contributed by atoms with van der Waals surface area (Å²) in [5.74, 6) is 1.27. The Balaban J connectivity index is 1.53. The van der Waals surface area contributed by atoms with Crippen LogP contribution in [0.1, 0.15) is 31.2 Å². The number of pyridine rings is 1. The van der Waals surface area contributed by atoms with Crippen molar-refractivity contribution in [3.63, 3.8) is 0 Å². The molecule has 0 spiro atoms. The summed E-state index contributed by atoms with van der Waals surface area (Å²) in [7, 11) is 0. The smallest absolute Gasteiger partial charge is 0.180 e. The van der Waals surface area contributed by atoms with Gasteiger partial charge in [0.15, 0.2) is 5.82 Å². The van der Waals surface area contributed by atoms with Gasteiger partial charge in [-0.15, -0.1) is 0 Å². The zero-order chi connectivity index (χ0) is 17.7.